The van der Waals surface area contributed by atoms with Crippen LogP contribution in [0.3, 0.4) is 0 Å². The first-order chi connectivity index (χ1) is 4.43. The third-order valence-electron chi connectivity index (χ3n) is 0.892. The summed E-state index contributed by atoms with van der Waals surface area (Å²) in [5.41, 5.74) is 0. The predicted octanol–water partition coefficient (Wildman–Crippen LogP) is 2.17. The molecular formula is C6H6INO. The van der Waals surface area contributed by atoms with E-state index in [1.54, 1.807) is 6.20 Å². The molecule has 1 rings (SSSR count). The van der Waals surface area contributed by atoms with Crippen LogP contribution in [0.4, 0.5) is 0 Å². The van der Waals surface area contributed by atoms with Crippen molar-refractivity contribution in [1.29, 1.82) is 0 Å². The zero-order valence-electron chi connectivity index (χ0n) is 4.75. The number of hydrogen-bond donors (Lipinski definition) is 0. The average molecular weight is 235 g/mol. The van der Waals surface area contributed by atoms with Gasteiger partial charge in [0.25, 0.3) is 0 Å². The highest BCUT2D eigenvalue weighted by Crippen LogP contribution is 1.99. The molecule has 0 aromatic carbocycles. The molecule has 1 heterocycles. The average Bonchev–Trinajstić information content (AvgIpc) is 2.34. The third kappa shape index (κ3) is 2.17. The molecule has 0 fully saturated rings. The maximum Gasteiger partial charge on any atom is 0.180 e. The van der Waals surface area contributed by atoms with Gasteiger partial charge in [0.05, 0.1) is 6.20 Å². The Morgan fingerprint density at radius 2 is 2.67 bits per heavy atom. The number of hydrogen-bond acceptors (Lipinski definition) is 2. The minimum Gasteiger partial charge on any atom is -0.448 e. The molecular weight excluding hydrogens is 229 g/mol. The van der Waals surface area contributed by atoms with Crippen LogP contribution >= 0.6 is 22.6 Å². The van der Waals surface area contributed by atoms with Gasteiger partial charge in [-0.15, -0.1) is 0 Å². The van der Waals surface area contributed by atoms with Gasteiger partial charge in [0, 0.05) is 6.42 Å². The van der Waals surface area contributed by atoms with E-state index in [1.165, 1.54) is 6.39 Å². The first-order valence-corrected chi connectivity index (χ1v) is 3.80. The Hall–Kier alpha value is -0.320. The molecule has 9 heavy (non-hydrogen) atoms. The van der Waals surface area contributed by atoms with Crippen LogP contribution in [0, 0.1) is 0 Å². The Bertz CT molecular complexity index is 181. The number of nitrogens with zero attached hydrogens (tertiary/aromatic N) is 1. The van der Waals surface area contributed by atoms with E-state index in [9.17, 15) is 0 Å². The number of allylic oxidation sites excluding steroid dienone is 1. The van der Waals surface area contributed by atoms with E-state index >= 15 is 0 Å². The van der Waals surface area contributed by atoms with Crippen LogP contribution in [0.15, 0.2) is 27.2 Å². The van der Waals surface area contributed by atoms with E-state index in [2.05, 4.69) is 27.6 Å². The number of oxazole rings is 1. The maximum absolute atomic E-state index is 4.97. The Labute approximate surface area is 67.1 Å². The van der Waals surface area contributed by atoms with Gasteiger partial charge >= 0.3 is 0 Å². The fraction of sp³-hybridized carbons (Fsp3) is 0.167. The largest absolute Gasteiger partial charge is 0.448 e. The highest BCUT2D eigenvalue weighted by Gasteiger charge is 1.88. The Kier molecular flexibility index (Phi) is 2.76. The number of rotatable bonds is 2. The Balaban J connectivity index is 2.48. The van der Waals surface area contributed by atoms with Crippen molar-refractivity contribution in [3.8, 4) is 0 Å². The van der Waals surface area contributed by atoms with Crippen molar-refractivity contribution in [3.63, 3.8) is 0 Å². The molecule has 0 saturated carbocycles. The molecule has 48 valence electrons. The summed E-state index contributed by atoms with van der Waals surface area (Å²) in [7, 11) is 0. The topological polar surface area (TPSA) is 26.0 Å². The minimum atomic E-state index is 0.836. The molecule has 0 unspecified atom stereocenters. The van der Waals surface area contributed by atoms with Crippen LogP contribution < -0.4 is 0 Å². The smallest absolute Gasteiger partial charge is 0.180 e. The first-order valence-electron chi connectivity index (χ1n) is 2.56. The molecule has 0 aliphatic heterocycles. The quantitative estimate of drug-likeness (QED) is 0.734. The highest BCUT2D eigenvalue weighted by molar-refractivity contribution is 14.1. The van der Waals surface area contributed by atoms with Gasteiger partial charge in [-0.05, 0) is 4.08 Å². The van der Waals surface area contributed by atoms with Crippen LogP contribution in [-0.2, 0) is 6.42 Å². The van der Waals surface area contributed by atoms with Gasteiger partial charge in [-0.1, -0.05) is 28.7 Å². The fourth-order valence-corrected chi connectivity index (χ4v) is 0.758. The molecule has 1 aromatic rings. The molecule has 2 nitrogen and oxygen atoms in total. The molecule has 0 aliphatic carbocycles. The van der Waals surface area contributed by atoms with Crippen molar-refractivity contribution < 1.29 is 4.42 Å². The Morgan fingerprint density at radius 3 is 3.22 bits per heavy atom. The molecule has 0 saturated heterocycles. The van der Waals surface area contributed by atoms with Crippen LogP contribution in [0.1, 0.15) is 5.76 Å². The Morgan fingerprint density at radius 1 is 1.78 bits per heavy atom. The summed E-state index contributed by atoms with van der Waals surface area (Å²) in [6.07, 6.45) is 6.01. The van der Waals surface area contributed by atoms with Crippen molar-refractivity contribution >= 4 is 22.6 Å². The van der Waals surface area contributed by atoms with E-state index < -0.39 is 0 Å². The minimum absolute atomic E-state index is 0.836. The van der Waals surface area contributed by atoms with Crippen molar-refractivity contribution in [3.05, 3.63) is 28.5 Å². The number of halogens is 1. The van der Waals surface area contributed by atoms with Crippen molar-refractivity contribution in [2.45, 2.75) is 6.42 Å². The summed E-state index contributed by atoms with van der Waals surface area (Å²) in [4.78, 5) is 3.77. The molecule has 3 heteroatoms. The van der Waals surface area contributed by atoms with E-state index in [-0.39, 0.29) is 0 Å². The lowest BCUT2D eigenvalue weighted by molar-refractivity contribution is 0.516. The molecule has 0 spiro atoms. The van der Waals surface area contributed by atoms with Gasteiger partial charge in [0.15, 0.2) is 6.39 Å². The van der Waals surface area contributed by atoms with Gasteiger partial charge in [-0.3, -0.25) is 0 Å². The highest BCUT2D eigenvalue weighted by atomic mass is 127. The van der Waals surface area contributed by atoms with Crippen LogP contribution in [0.25, 0.3) is 0 Å². The van der Waals surface area contributed by atoms with Crippen LogP contribution in [-0.4, -0.2) is 4.98 Å². The first kappa shape index (κ1) is 6.80. The zero-order valence-corrected chi connectivity index (χ0v) is 6.91. The monoisotopic (exact) mass is 235 g/mol. The second-order valence-corrected chi connectivity index (χ2v) is 2.25. The zero-order chi connectivity index (χ0) is 6.53. The molecule has 0 amide bonds. The van der Waals surface area contributed by atoms with Gasteiger partial charge < -0.3 is 4.42 Å². The molecule has 0 aliphatic rings. The van der Waals surface area contributed by atoms with E-state index in [1.807, 2.05) is 10.2 Å². The van der Waals surface area contributed by atoms with Gasteiger partial charge in [0.2, 0.25) is 0 Å². The number of aromatic nitrogens is 1. The summed E-state index contributed by atoms with van der Waals surface area (Å²) in [5, 5.41) is 0. The third-order valence-corrected chi connectivity index (χ3v) is 1.40. The molecule has 0 N–H and O–H groups in total. The van der Waals surface area contributed by atoms with Crippen molar-refractivity contribution in [2.24, 2.45) is 0 Å². The predicted molar refractivity (Wildman–Crippen MR) is 43.4 cm³/mol. The normalized spacial score (nSPS) is 10.8. The standard InChI is InChI=1S/C6H6INO/c7-3-1-2-6-4-8-5-9-6/h1,3-5H,2H2/b3-1+. The second kappa shape index (κ2) is 3.66. The maximum atomic E-state index is 4.97. The summed E-state index contributed by atoms with van der Waals surface area (Å²) in [6.45, 7) is 0. The van der Waals surface area contributed by atoms with Crippen LogP contribution in [0.2, 0.25) is 0 Å². The summed E-state index contributed by atoms with van der Waals surface area (Å²) in [5.74, 6) is 0.905. The lowest BCUT2D eigenvalue weighted by Gasteiger charge is -1.81. The van der Waals surface area contributed by atoms with Gasteiger partial charge in [0.1, 0.15) is 5.76 Å². The summed E-state index contributed by atoms with van der Waals surface area (Å²) in [6, 6.07) is 0. The molecule has 0 radical (unpaired) electrons. The fourth-order valence-electron chi connectivity index (χ4n) is 0.504. The van der Waals surface area contributed by atoms with E-state index in [4.69, 9.17) is 4.42 Å². The summed E-state index contributed by atoms with van der Waals surface area (Å²) < 4.78 is 6.93. The second-order valence-electron chi connectivity index (χ2n) is 1.53. The van der Waals surface area contributed by atoms with Crippen LogP contribution in [0.5, 0.6) is 0 Å². The summed E-state index contributed by atoms with van der Waals surface area (Å²) >= 11 is 2.17. The van der Waals surface area contributed by atoms with Gasteiger partial charge in [-0.25, -0.2) is 4.98 Å². The molecule has 0 atom stereocenters. The van der Waals surface area contributed by atoms with E-state index in [0.717, 1.165) is 12.2 Å². The lowest BCUT2D eigenvalue weighted by Crippen LogP contribution is -1.71. The SMILES string of the molecule is I/C=C/Cc1cnco1. The van der Waals surface area contributed by atoms with Crippen molar-refractivity contribution in [1.82, 2.24) is 4.98 Å². The van der Waals surface area contributed by atoms with Gasteiger partial charge in [-0.2, -0.15) is 0 Å². The lowest BCUT2D eigenvalue weighted by atomic mass is 10.4. The molecule has 1 aromatic heterocycles. The van der Waals surface area contributed by atoms with E-state index in [0.29, 0.717) is 0 Å². The molecule has 0 bridgehead atoms. The van der Waals surface area contributed by atoms with Crippen molar-refractivity contribution in [2.75, 3.05) is 0 Å².